The van der Waals surface area contributed by atoms with E-state index in [2.05, 4.69) is 40.7 Å². The highest BCUT2D eigenvalue weighted by molar-refractivity contribution is 5.66. The molecule has 0 aromatic carbocycles. The highest BCUT2D eigenvalue weighted by atomic mass is 16.5. The lowest BCUT2D eigenvalue weighted by Gasteiger charge is -2.59. The Morgan fingerprint density at radius 2 is 1.84 bits per heavy atom. The molecule has 3 saturated carbocycles. The fraction of sp³-hybridized carbons (Fsp3) is 0.897. The van der Waals surface area contributed by atoms with Crippen molar-refractivity contribution in [2.24, 2.45) is 46.3 Å². The van der Waals surface area contributed by atoms with Gasteiger partial charge in [0.25, 0.3) is 0 Å². The van der Waals surface area contributed by atoms with Crippen LogP contribution in [-0.4, -0.2) is 23.3 Å². The lowest BCUT2D eigenvalue weighted by Crippen LogP contribution is -2.55. The molecule has 0 aliphatic heterocycles. The standard InChI is InChI=1S/C29H48O3/c1-18(2)8-7-9-19(3)23-10-11-24-27-25(13-15-29(23,24)6)28(5)14-12-22(31)16-21(28)17-26(27)32-20(4)30/h17-19,22-27,31H,7-16H2,1-6H3/t19-,22+,23-,24+,25+,26+,27+,28+,29-/m1/s1. The average molecular weight is 445 g/mol. The van der Waals surface area contributed by atoms with Gasteiger partial charge in [-0.2, -0.15) is 0 Å². The number of hydrogen-bond donors (Lipinski definition) is 1. The van der Waals surface area contributed by atoms with E-state index < -0.39 is 0 Å². The van der Waals surface area contributed by atoms with E-state index in [0.29, 0.717) is 23.2 Å². The van der Waals surface area contributed by atoms with Gasteiger partial charge in [-0.15, -0.1) is 0 Å². The number of aliphatic hydroxyl groups is 1. The number of fused-ring (bicyclic) bond motifs is 5. The maximum atomic E-state index is 12.1. The molecule has 182 valence electrons. The molecule has 32 heavy (non-hydrogen) atoms. The highest BCUT2D eigenvalue weighted by Gasteiger charge is 2.61. The predicted molar refractivity (Wildman–Crippen MR) is 130 cm³/mol. The zero-order valence-corrected chi connectivity index (χ0v) is 21.5. The first kappa shape index (κ1) is 24.3. The minimum absolute atomic E-state index is 0.106. The second-order valence-corrected chi connectivity index (χ2v) is 12.9. The summed E-state index contributed by atoms with van der Waals surface area (Å²) in [4.78, 5) is 12.1. The van der Waals surface area contributed by atoms with E-state index in [-0.39, 0.29) is 23.6 Å². The van der Waals surface area contributed by atoms with Gasteiger partial charge in [0, 0.05) is 12.8 Å². The molecule has 3 fully saturated rings. The van der Waals surface area contributed by atoms with Crippen molar-refractivity contribution in [3.05, 3.63) is 11.6 Å². The summed E-state index contributed by atoms with van der Waals surface area (Å²) in [5.74, 6) is 3.88. The Bertz CT molecular complexity index is 726. The van der Waals surface area contributed by atoms with E-state index in [0.717, 1.165) is 37.0 Å². The number of aliphatic hydroxyl groups excluding tert-OH is 1. The molecule has 0 saturated heterocycles. The predicted octanol–water partition coefficient (Wildman–Crippen LogP) is 6.93. The molecule has 0 amide bonds. The van der Waals surface area contributed by atoms with E-state index in [1.165, 1.54) is 50.5 Å². The Morgan fingerprint density at radius 1 is 1.09 bits per heavy atom. The van der Waals surface area contributed by atoms with E-state index >= 15 is 0 Å². The maximum Gasteiger partial charge on any atom is 0.303 e. The van der Waals surface area contributed by atoms with E-state index in [1.807, 2.05) is 0 Å². The lowest BCUT2D eigenvalue weighted by atomic mass is 9.46. The fourth-order valence-electron chi connectivity index (χ4n) is 8.93. The molecule has 0 heterocycles. The fourth-order valence-corrected chi connectivity index (χ4v) is 8.93. The van der Waals surface area contributed by atoms with Crippen molar-refractivity contribution in [1.29, 1.82) is 0 Å². The molecule has 4 rings (SSSR count). The molecule has 0 spiro atoms. The van der Waals surface area contributed by atoms with Gasteiger partial charge in [0.2, 0.25) is 0 Å². The van der Waals surface area contributed by atoms with Gasteiger partial charge in [0.05, 0.1) is 6.10 Å². The minimum atomic E-state index is -0.236. The summed E-state index contributed by atoms with van der Waals surface area (Å²) in [6, 6.07) is 0. The molecule has 4 aliphatic rings. The largest absolute Gasteiger partial charge is 0.458 e. The van der Waals surface area contributed by atoms with Crippen molar-refractivity contribution in [2.45, 2.75) is 118 Å². The summed E-state index contributed by atoms with van der Waals surface area (Å²) in [6.07, 6.45) is 13.9. The molecule has 0 unspecified atom stereocenters. The van der Waals surface area contributed by atoms with Crippen LogP contribution in [-0.2, 0) is 9.53 Å². The Morgan fingerprint density at radius 3 is 2.53 bits per heavy atom. The molecule has 4 aliphatic carbocycles. The number of carbonyl (C=O) groups is 1. The summed E-state index contributed by atoms with van der Waals surface area (Å²) in [5.41, 5.74) is 1.90. The zero-order chi connectivity index (χ0) is 23.3. The van der Waals surface area contributed by atoms with Crippen LogP contribution in [0.1, 0.15) is 106 Å². The van der Waals surface area contributed by atoms with Gasteiger partial charge < -0.3 is 9.84 Å². The van der Waals surface area contributed by atoms with E-state index in [1.54, 1.807) is 6.92 Å². The smallest absolute Gasteiger partial charge is 0.303 e. The van der Waals surface area contributed by atoms with Crippen molar-refractivity contribution in [1.82, 2.24) is 0 Å². The van der Waals surface area contributed by atoms with E-state index in [9.17, 15) is 9.90 Å². The number of rotatable bonds is 6. The quantitative estimate of drug-likeness (QED) is 0.357. The minimum Gasteiger partial charge on any atom is -0.458 e. The molecular formula is C29H48O3. The third kappa shape index (κ3) is 4.21. The second kappa shape index (κ2) is 9.08. The van der Waals surface area contributed by atoms with Crippen LogP contribution in [0, 0.1) is 46.3 Å². The van der Waals surface area contributed by atoms with Crippen LogP contribution in [0.3, 0.4) is 0 Å². The van der Waals surface area contributed by atoms with Crippen LogP contribution in [0.15, 0.2) is 11.6 Å². The van der Waals surface area contributed by atoms with Crippen LogP contribution >= 0.6 is 0 Å². The van der Waals surface area contributed by atoms with Crippen LogP contribution < -0.4 is 0 Å². The van der Waals surface area contributed by atoms with Gasteiger partial charge in [-0.25, -0.2) is 0 Å². The Labute approximate surface area is 196 Å². The maximum absolute atomic E-state index is 12.1. The summed E-state index contributed by atoms with van der Waals surface area (Å²) in [5, 5.41) is 10.4. The van der Waals surface area contributed by atoms with Crippen molar-refractivity contribution in [2.75, 3.05) is 0 Å². The Kier molecular flexibility index (Phi) is 6.90. The Balaban J connectivity index is 1.60. The molecule has 9 atom stereocenters. The lowest BCUT2D eigenvalue weighted by molar-refractivity contribution is -0.158. The van der Waals surface area contributed by atoms with Gasteiger partial charge in [-0.3, -0.25) is 4.79 Å². The van der Waals surface area contributed by atoms with Crippen LogP contribution in [0.4, 0.5) is 0 Å². The summed E-state index contributed by atoms with van der Waals surface area (Å²) in [7, 11) is 0. The first-order valence-electron chi connectivity index (χ1n) is 13.6. The third-order valence-corrected chi connectivity index (χ3v) is 10.6. The topological polar surface area (TPSA) is 46.5 Å². The van der Waals surface area contributed by atoms with Gasteiger partial charge in [0.1, 0.15) is 6.10 Å². The van der Waals surface area contributed by atoms with Gasteiger partial charge in [-0.1, -0.05) is 59.5 Å². The molecular weight excluding hydrogens is 396 g/mol. The van der Waals surface area contributed by atoms with Crippen LogP contribution in [0.2, 0.25) is 0 Å². The number of ether oxygens (including phenoxy) is 1. The number of esters is 1. The molecule has 0 bridgehead atoms. The zero-order valence-electron chi connectivity index (χ0n) is 21.5. The van der Waals surface area contributed by atoms with Crippen LogP contribution in [0.5, 0.6) is 0 Å². The summed E-state index contributed by atoms with van der Waals surface area (Å²) in [6.45, 7) is 13.8. The monoisotopic (exact) mass is 444 g/mol. The summed E-state index contributed by atoms with van der Waals surface area (Å²) >= 11 is 0. The van der Waals surface area contributed by atoms with Gasteiger partial charge in [-0.05, 0) is 91.4 Å². The van der Waals surface area contributed by atoms with Crippen molar-refractivity contribution >= 4 is 5.97 Å². The van der Waals surface area contributed by atoms with Crippen molar-refractivity contribution in [3.8, 4) is 0 Å². The van der Waals surface area contributed by atoms with Crippen molar-refractivity contribution in [3.63, 3.8) is 0 Å². The highest BCUT2D eigenvalue weighted by Crippen LogP contribution is 2.67. The van der Waals surface area contributed by atoms with E-state index in [4.69, 9.17) is 4.74 Å². The molecule has 0 aromatic heterocycles. The SMILES string of the molecule is CC(=O)O[C@H]1C=C2C[C@@H](O)CC[C@]2(C)[C@H]2CC[C@]3(C)[C@@H]([C@H](C)CCCC(C)C)CC[C@H]3[C@H]12. The molecule has 3 nitrogen and oxygen atoms in total. The van der Waals surface area contributed by atoms with Gasteiger partial charge >= 0.3 is 5.97 Å². The molecule has 3 heteroatoms. The average Bonchev–Trinajstić information content (AvgIpc) is 3.05. The first-order chi connectivity index (χ1) is 15.1. The first-order valence-corrected chi connectivity index (χ1v) is 13.6. The van der Waals surface area contributed by atoms with Crippen molar-refractivity contribution < 1.29 is 14.6 Å². The molecule has 1 N–H and O–H groups in total. The third-order valence-electron chi connectivity index (χ3n) is 10.6. The second-order valence-electron chi connectivity index (χ2n) is 12.9. The van der Waals surface area contributed by atoms with Gasteiger partial charge in [0.15, 0.2) is 0 Å². The number of hydrogen-bond acceptors (Lipinski definition) is 3. The normalized spacial score (nSPS) is 44.3. The van der Waals surface area contributed by atoms with Crippen LogP contribution in [0.25, 0.3) is 0 Å². The number of carbonyl (C=O) groups excluding carboxylic acids is 1. The summed E-state index contributed by atoms with van der Waals surface area (Å²) < 4.78 is 6.03. The Hall–Kier alpha value is -0.830. The molecule has 0 aromatic rings. The molecule has 0 radical (unpaired) electrons.